The van der Waals surface area contributed by atoms with Crippen LogP contribution in [0.2, 0.25) is 0 Å². The molecule has 0 radical (unpaired) electrons. The van der Waals surface area contributed by atoms with Gasteiger partial charge in [0.1, 0.15) is 23.0 Å². The Morgan fingerprint density at radius 2 is 1.90 bits per heavy atom. The molecule has 3 N–H and O–H groups in total. The highest BCUT2D eigenvalue weighted by molar-refractivity contribution is 6.06. The fourth-order valence-corrected chi connectivity index (χ4v) is 7.49. The van der Waals surface area contributed by atoms with Gasteiger partial charge in [-0.2, -0.15) is 5.10 Å². The Morgan fingerprint density at radius 1 is 1.12 bits per heavy atom. The first-order valence-electron chi connectivity index (χ1n) is 16.5. The van der Waals surface area contributed by atoms with E-state index in [2.05, 4.69) is 39.1 Å². The summed E-state index contributed by atoms with van der Waals surface area (Å²) in [7, 11) is 1.56. The number of hydrogen-bond acceptors (Lipinski definition) is 9. The molecule has 0 spiro atoms. The first kappa shape index (κ1) is 31.8. The van der Waals surface area contributed by atoms with E-state index in [9.17, 15) is 19.5 Å². The fraction of sp³-hybridized carbons (Fsp3) is 0.457. The third-order valence-corrected chi connectivity index (χ3v) is 9.78. The summed E-state index contributed by atoms with van der Waals surface area (Å²) in [6, 6.07) is 5.33. The van der Waals surface area contributed by atoms with Crippen molar-refractivity contribution >= 4 is 23.3 Å². The molecule has 3 aromatic rings. The molecule has 1 saturated heterocycles. The van der Waals surface area contributed by atoms with Crippen LogP contribution in [-0.4, -0.2) is 79.5 Å². The van der Waals surface area contributed by atoms with Crippen molar-refractivity contribution in [3.05, 3.63) is 80.8 Å². The number of allylic oxidation sites excluding steroid dienone is 2. The maximum atomic E-state index is 13.8. The van der Waals surface area contributed by atoms with E-state index in [0.717, 1.165) is 12.8 Å². The van der Waals surface area contributed by atoms with Crippen molar-refractivity contribution in [3.63, 3.8) is 0 Å². The van der Waals surface area contributed by atoms with E-state index >= 15 is 0 Å². The van der Waals surface area contributed by atoms with Gasteiger partial charge in [-0.25, -0.2) is 9.67 Å². The Bertz CT molecular complexity index is 1930. The minimum Gasteiger partial charge on any atom is -0.392 e. The second kappa shape index (κ2) is 12.0. The lowest BCUT2D eigenvalue weighted by molar-refractivity contribution is -0.139. The molecule has 1 fully saturated rings. The highest BCUT2D eigenvalue weighted by Gasteiger charge is 2.38. The van der Waals surface area contributed by atoms with Gasteiger partial charge in [0.05, 0.1) is 37.6 Å². The molecule has 2 amide bonds. The largest absolute Gasteiger partial charge is 0.392 e. The lowest BCUT2D eigenvalue weighted by Gasteiger charge is -2.39. The van der Waals surface area contributed by atoms with Crippen LogP contribution >= 0.6 is 0 Å². The number of aliphatic hydroxyl groups is 1. The van der Waals surface area contributed by atoms with E-state index < -0.39 is 0 Å². The minimum atomic E-state index is -0.379. The van der Waals surface area contributed by atoms with Crippen LogP contribution in [-0.2, 0) is 42.6 Å². The maximum absolute atomic E-state index is 13.8. The molecule has 13 nitrogen and oxygen atoms in total. The summed E-state index contributed by atoms with van der Waals surface area (Å²) in [5.74, 6) is 0.740. The topological polar surface area (TPSA) is 147 Å². The Morgan fingerprint density at radius 3 is 2.60 bits per heavy atom. The van der Waals surface area contributed by atoms with E-state index in [4.69, 9.17) is 4.74 Å². The molecule has 0 aromatic carbocycles. The number of dihydropyridines is 1. The van der Waals surface area contributed by atoms with Gasteiger partial charge in [0.2, 0.25) is 0 Å². The van der Waals surface area contributed by atoms with Gasteiger partial charge in [0, 0.05) is 55.3 Å². The summed E-state index contributed by atoms with van der Waals surface area (Å²) >= 11 is 0. The number of morpholine rings is 1. The molecule has 0 unspecified atom stereocenters. The van der Waals surface area contributed by atoms with Gasteiger partial charge in [0.25, 0.3) is 17.4 Å². The fourth-order valence-electron chi connectivity index (χ4n) is 7.49. The normalized spacial score (nSPS) is 21.7. The molecule has 7 rings (SSSR count). The smallest absolute Gasteiger partial charge is 0.290 e. The highest BCUT2D eigenvalue weighted by Crippen LogP contribution is 2.40. The van der Waals surface area contributed by atoms with Crippen molar-refractivity contribution < 1.29 is 19.4 Å². The number of pyridine rings is 1. The monoisotopic (exact) mass is 654 g/mol. The van der Waals surface area contributed by atoms with Gasteiger partial charge in [-0.3, -0.25) is 19.3 Å². The average Bonchev–Trinajstić information content (AvgIpc) is 3.55. The van der Waals surface area contributed by atoms with Crippen LogP contribution in [0.4, 0.5) is 11.5 Å². The zero-order valence-corrected chi connectivity index (χ0v) is 28.0. The molecule has 3 aromatic heterocycles. The molecule has 6 heterocycles. The van der Waals surface area contributed by atoms with Crippen LogP contribution in [0.15, 0.2) is 52.7 Å². The van der Waals surface area contributed by atoms with Crippen molar-refractivity contribution in [1.29, 1.82) is 0 Å². The zero-order chi connectivity index (χ0) is 33.9. The van der Waals surface area contributed by atoms with Crippen molar-refractivity contribution in [3.8, 4) is 11.3 Å². The van der Waals surface area contributed by atoms with Crippen molar-refractivity contribution in [2.75, 3.05) is 36.5 Å². The molecule has 0 saturated carbocycles. The van der Waals surface area contributed by atoms with Crippen molar-refractivity contribution in [2.24, 2.45) is 12.5 Å². The summed E-state index contributed by atoms with van der Waals surface area (Å²) in [5, 5.41) is 21.5. The number of aromatic nitrogens is 4. The summed E-state index contributed by atoms with van der Waals surface area (Å²) in [6.45, 7) is 10.5. The lowest BCUT2D eigenvalue weighted by Crippen LogP contribution is -2.53. The van der Waals surface area contributed by atoms with Gasteiger partial charge in [-0.15, -0.1) is 0 Å². The second-order valence-corrected chi connectivity index (χ2v) is 14.0. The molecule has 48 heavy (non-hydrogen) atoms. The van der Waals surface area contributed by atoms with E-state index in [1.165, 1.54) is 15.9 Å². The van der Waals surface area contributed by atoms with E-state index in [-0.39, 0.29) is 47.2 Å². The molecular weight excluding hydrogens is 612 g/mol. The lowest BCUT2D eigenvalue weighted by atomic mass is 9.90. The van der Waals surface area contributed by atoms with Gasteiger partial charge >= 0.3 is 0 Å². The van der Waals surface area contributed by atoms with E-state index in [1.807, 2.05) is 24.8 Å². The van der Waals surface area contributed by atoms with Crippen LogP contribution in [0.3, 0.4) is 0 Å². The number of rotatable bonds is 6. The molecule has 13 heteroatoms. The number of carbonyl (C=O) groups is 2. The standard InChI is InChI=1S/C35H42N8O5/c1-20-18-48-19-21(2)43(20)32(45)22-6-7-30(37-16-22)38-27-13-26(39-40(5)33(27)46)24-8-9-36-31(25(24)17-44)42-11-10-41-28(34(42)47)12-23-14-35(3,4)15-29(23)41/h6-9,12-13,20-21,37-38,44H,10-11,14-19H2,1-5H3/t20-,21+. The number of nitrogens with zero attached hydrogens (tertiary/aromatic N) is 6. The minimum absolute atomic E-state index is 0.0192. The number of ether oxygens (including phenoxy) is 1. The van der Waals surface area contributed by atoms with Gasteiger partial charge in [-0.05, 0) is 68.0 Å². The SMILES string of the molecule is C[C@@H]1COC[C@H](C)N1C(=O)C1=CC=C(Nc2cc(-c3ccnc(N4CCn5c(cc6c5CC(C)(C)C6)C4=O)c3CO)nn(C)c2=O)NC1. The Kier molecular flexibility index (Phi) is 7.99. The third-order valence-electron chi connectivity index (χ3n) is 9.78. The molecule has 252 valence electrons. The van der Waals surface area contributed by atoms with Crippen LogP contribution in [0.1, 0.15) is 55.0 Å². The first-order valence-corrected chi connectivity index (χ1v) is 16.5. The van der Waals surface area contributed by atoms with Gasteiger partial charge < -0.3 is 29.9 Å². The molecular formula is C35H42N8O5. The van der Waals surface area contributed by atoms with E-state index in [1.54, 1.807) is 42.4 Å². The van der Waals surface area contributed by atoms with Crippen molar-refractivity contribution in [1.82, 2.24) is 29.5 Å². The van der Waals surface area contributed by atoms with Gasteiger partial charge in [0.15, 0.2) is 0 Å². The summed E-state index contributed by atoms with van der Waals surface area (Å²) in [5.41, 5.74) is 5.26. The van der Waals surface area contributed by atoms with Crippen LogP contribution in [0.25, 0.3) is 11.3 Å². The molecule has 2 atom stereocenters. The molecule has 0 bridgehead atoms. The van der Waals surface area contributed by atoms with Crippen LogP contribution < -0.4 is 21.1 Å². The molecule has 3 aliphatic heterocycles. The summed E-state index contributed by atoms with van der Waals surface area (Å²) in [6.07, 6.45) is 6.98. The first-order chi connectivity index (χ1) is 23.0. The highest BCUT2D eigenvalue weighted by atomic mass is 16.5. The number of hydrogen-bond donors (Lipinski definition) is 3. The van der Waals surface area contributed by atoms with Crippen molar-refractivity contribution in [2.45, 2.75) is 65.8 Å². The third kappa shape index (κ3) is 5.50. The Hall–Kier alpha value is -4.75. The number of carbonyl (C=O) groups excluding carboxylic acids is 2. The quantitative estimate of drug-likeness (QED) is 0.365. The number of fused-ring (bicyclic) bond motifs is 3. The number of amides is 2. The predicted octanol–water partition coefficient (Wildman–Crippen LogP) is 2.34. The maximum Gasteiger partial charge on any atom is 0.290 e. The average molecular weight is 655 g/mol. The van der Waals surface area contributed by atoms with E-state index in [0.29, 0.717) is 72.6 Å². The predicted molar refractivity (Wildman–Crippen MR) is 180 cm³/mol. The molecule has 4 aliphatic rings. The van der Waals surface area contributed by atoms with Crippen LogP contribution in [0, 0.1) is 5.41 Å². The van der Waals surface area contributed by atoms with Crippen LogP contribution in [0.5, 0.6) is 0 Å². The molecule has 1 aliphatic carbocycles. The zero-order valence-electron chi connectivity index (χ0n) is 28.0. The second-order valence-electron chi connectivity index (χ2n) is 14.0. The Labute approximate surface area is 278 Å². The number of anilines is 2. The van der Waals surface area contributed by atoms with Gasteiger partial charge in [-0.1, -0.05) is 13.8 Å². The Balaban J connectivity index is 1.15. The number of aryl methyl sites for hydroxylation is 1. The number of aliphatic hydroxyl groups excluding tert-OH is 1. The number of nitrogens with one attached hydrogen (secondary N) is 2. The summed E-state index contributed by atoms with van der Waals surface area (Å²) < 4.78 is 8.94. The summed E-state index contributed by atoms with van der Waals surface area (Å²) in [4.78, 5) is 48.3.